The molecule has 0 bridgehead atoms. The maximum atomic E-state index is 11.2. The van der Waals surface area contributed by atoms with Crippen molar-refractivity contribution in [3.05, 3.63) is 51.4 Å². The number of hydrogen-bond acceptors (Lipinski definition) is 6. The van der Waals surface area contributed by atoms with Crippen molar-refractivity contribution in [3.8, 4) is 10.4 Å². The Hall–Kier alpha value is -1.80. The van der Waals surface area contributed by atoms with E-state index in [-0.39, 0.29) is 16.7 Å². The first-order valence-corrected chi connectivity index (χ1v) is 8.78. The van der Waals surface area contributed by atoms with Crippen LogP contribution in [-0.2, 0) is 11.3 Å². The molecule has 24 heavy (non-hydrogen) atoms. The van der Waals surface area contributed by atoms with E-state index in [2.05, 4.69) is 17.3 Å². The fourth-order valence-corrected chi connectivity index (χ4v) is 3.82. The average Bonchev–Trinajstić information content (AvgIpc) is 3.04. The molecule has 0 amide bonds. The lowest BCUT2D eigenvalue weighted by molar-refractivity contribution is -0.384. The van der Waals surface area contributed by atoms with Gasteiger partial charge in [-0.1, -0.05) is 12.1 Å². The minimum atomic E-state index is -0.329. The van der Waals surface area contributed by atoms with E-state index in [1.54, 1.807) is 29.5 Å². The van der Waals surface area contributed by atoms with Crippen LogP contribution in [0.1, 0.15) is 4.88 Å². The number of nitro groups is 1. The van der Waals surface area contributed by atoms with E-state index in [9.17, 15) is 10.1 Å². The number of benzene rings is 1. The molecule has 0 radical (unpaired) electrons. The summed E-state index contributed by atoms with van der Waals surface area (Å²) >= 11 is 1.59. The van der Waals surface area contributed by atoms with Crippen LogP contribution in [0, 0.1) is 10.1 Å². The smallest absolute Gasteiger partial charge is 0.278 e. The van der Waals surface area contributed by atoms with E-state index >= 15 is 0 Å². The lowest BCUT2D eigenvalue weighted by Crippen LogP contribution is -2.44. The summed E-state index contributed by atoms with van der Waals surface area (Å²) in [6.07, 6.45) is 0.221. The Morgan fingerprint density at radius 1 is 1.38 bits per heavy atom. The highest BCUT2D eigenvalue weighted by molar-refractivity contribution is 7.15. The zero-order chi connectivity index (χ0) is 16.9. The Morgan fingerprint density at radius 3 is 3.00 bits per heavy atom. The lowest BCUT2D eigenvalue weighted by atomic mass is 10.1. The summed E-state index contributed by atoms with van der Waals surface area (Å²) in [5.41, 5.74) is 0.827. The van der Waals surface area contributed by atoms with E-state index in [0.717, 1.165) is 42.5 Å². The summed E-state index contributed by atoms with van der Waals surface area (Å²) in [7, 11) is 2.10. The molecule has 1 unspecified atom stereocenters. The van der Waals surface area contributed by atoms with Gasteiger partial charge in [0.15, 0.2) is 0 Å². The van der Waals surface area contributed by atoms with Gasteiger partial charge in [-0.05, 0) is 25.2 Å². The Bertz CT molecular complexity index is 704. The van der Waals surface area contributed by atoms with Crippen LogP contribution >= 0.6 is 11.3 Å². The van der Waals surface area contributed by atoms with Gasteiger partial charge in [-0.2, -0.15) is 0 Å². The number of likely N-dealkylation sites (N-methyl/N-ethyl adjacent to an activating group) is 1. The zero-order valence-corrected chi connectivity index (χ0v) is 14.4. The van der Waals surface area contributed by atoms with Crippen molar-refractivity contribution in [2.45, 2.75) is 12.6 Å². The Labute approximate surface area is 145 Å². The van der Waals surface area contributed by atoms with E-state index < -0.39 is 0 Å². The highest BCUT2D eigenvalue weighted by Crippen LogP contribution is 2.34. The van der Waals surface area contributed by atoms with Gasteiger partial charge in [-0.3, -0.25) is 10.1 Å². The molecule has 0 aliphatic carbocycles. The number of rotatable bonds is 6. The molecule has 1 fully saturated rings. The van der Waals surface area contributed by atoms with Gasteiger partial charge in [0.05, 0.1) is 23.2 Å². The molecule has 128 valence electrons. The SMILES string of the molecule is CN1CCOC(CNCc2ccc(-c3ccccc3[N+](=O)[O-])s2)C1. The van der Waals surface area contributed by atoms with Crippen molar-refractivity contribution in [1.29, 1.82) is 0 Å². The number of morpholine rings is 1. The number of nitrogens with one attached hydrogen (secondary N) is 1. The molecular weight excluding hydrogens is 326 g/mol. The second-order valence-corrected chi connectivity index (χ2v) is 7.09. The van der Waals surface area contributed by atoms with Crippen LogP contribution in [0.5, 0.6) is 0 Å². The summed E-state index contributed by atoms with van der Waals surface area (Å²) in [6, 6.07) is 10.8. The molecule has 3 rings (SSSR count). The second-order valence-electron chi connectivity index (χ2n) is 5.93. The molecule has 1 N–H and O–H groups in total. The van der Waals surface area contributed by atoms with Crippen LogP contribution in [0.15, 0.2) is 36.4 Å². The number of para-hydroxylation sites is 1. The normalized spacial score (nSPS) is 18.6. The first kappa shape index (κ1) is 17.0. The molecule has 6 nitrogen and oxygen atoms in total. The molecule has 1 aliphatic rings. The Morgan fingerprint density at radius 2 is 2.21 bits per heavy atom. The second kappa shape index (κ2) is 7.85. The van der Waals surface area contributed by atoms with Gasteiger partial charge in [0, 0.05) is 42.0 Å². The number of hydrogen-bond donors (Lipinski definition) is 1. The van der Waals surface area contributed by atoms with Crippen molar-refractivity contribution >= 4 is 17.0 Å². The number of nitro benzene ring substituents is 1. The highest BCUT2D eigenvalue weighted by Gasteiger charge is 2.18. The van der Waals surface area contributed by atoms with Gasteiger partial charge >= 0.3 is 0 Å². The van der Waals surface area contributed by atoms with Crippen LogP contribution in [0.25, 0.3) is 10.4 Å². The minimum absolute atomic E-state index is 0.150. The molecule has 1 saturated heterocycles. The fourth-order valence-electron chi connectivity index (χ4n) is 2.81. The van der Waals surface area contributed by atoms with Gasteiger partial charge in [-0.25, -0.2) is 0 Å². The molecule has 0 saturated carbocycles. The van der Waals surface area contributed by atoms with Gasteiger partial charge in [-0.15, -0.1) is 11.3 Å². The van der Waals surface area contributed by atoms with Crippen molar-refractivity contribution in [2.24, 2.45) is 0 Å². The number of nitrogens with zero attached hydrogens (tertiary/aromatic N) is 2. The summed E-state index contributed by atoms with van der Waals surface area (Å²) in [4.78, 5) is 15.2. The van der Waals surface area contributed by atoms with Gasteiger partial charge in [0.1, 0.15) is 0 Å². The van der Waals surface area contributed by atoms with E-state index in [4.69, 9.17) is 4.74 Å². The average molecular weight is 347 g/mol. The molecule has 7 heteroatoms. The van der Waals surface area contributed by atoms with Crippen LogP contribution in [0.3, 0.4) is 0 Å². The van der Waals surface area contributed by atoms with Crippen molar-refractivity contribution in [3.63, 3.8) is 0 Å². The van der Waals surface area contributed by atoms with E-state index in [1.165, 1.54) is 0 Å². The Balaban J connectivity index is 1.59. The predicted molar refractivity (Wildman–Crippen MR) is 95.4 cm³/mol. The molecule has 1 atom stereocenters. The molecule has 2 heterocycles. The largest absolute Gasteiger partial charge is 0.374 e. The molecule has 1 aromatic carbocycles. The van der Waals surface area contributed by atoms with Crippen LogP contribution in [-0.4, -0.2) is 49.2 Å². The molecular formula is C17H21N3O3S. The van der Waals surface area contributed by atoms with E-state index in [1.807, 2.05) is 18.2 Å². The third-order valence-electron chi connectivity index (χ3n) is 4.04. The van der Waals surface area contributed by atoms with Gasteiger partial charge in [0.25, 0.3) is 5.69 Å². The monoisotopic (exact) mass is 347 g/mol. The van der Waals surface area contributed by atoms with Crippen molar-refractivity contribution in [1.82, 2.24) is 10.2 Å². The first-order valence-electron chi connectivity index (χ1n) is 7.97. The summed E-state index contributed by atoms with van der Waals surface area (Å²) in [6.45, 7) is 4.27. The van der Waals surface area contributed by atoms with Crippen LogP contribution in [0.2, 0.25) is 0 Å². The summed E-state index contributed by atoms with van der Waals surface area (Å²) in [5, 5.41) is 14.6. The molecule has 0 spiro atoms. The maximum absolute atomic E-state index is 11.2. The highest BCUT2D eigenvalue weighted by atomic mass is 32.1. The van der Waals surface area contributed by atoms with Crippen LogP contribution in [0.4, 0.5) is 5.69 Å². The third-order valence-corrected chi connectivity index (χ3v) is 5.16. The number of thiophene rings is 1. The first-order chi connectivity index (χ1) is 11.6. The zero-order valence-electron chi connectivity index (χ0n) is 13.6. The minimum Gasteiger partial charge on any atom is -0.374 e. The molecule has 1 aromatic heterocycles. The lowest BCUT2D eigenvalue weighted by Gasteiger charge is -2.30. The van der Waals surface area contributed by atoms with Crippen molar-refractivity contribution < 1.29 is 9.66 Å². The Kier molecular flexibility index (Phi) is 5.57. The van der Waals surface area contributed by atoms with Gasteiger partial charge < -0.3 is 15.0 Å². The fraction of sp³-hybridized carbons (Fsp3) is 0.412. The standard InChI is InChI=1S/C17H21N3O3S/c1-19-8-9-23-13(12-19)10-18-11-14-6-7-17(24-14)15-4-2-3-5-16(15)20(21)22/h2-7,13,18H,8-12H2,1H3. The van der Waals surface area contributed by atoms with E-state index in [0.29, 0.717) is 5.56 Å². The maximum Gasteiger partial charge on any atom is 0.278 e. The predicted octanol–water partition coefficient (Wildman–Crippen LogP) is 2.74. The van der Waals surface area contributed by atoms with Crippen LogP contribution < -0.4 is 5.32 Å². The summed E-state index contributed by atoms with van der Waals surface area (Å²) in [5.74, 6) is 0. The third kappa shape index (κ3) is 4.18. The quantitative estimate of drug-likeness (QED) is 0.643. The van der Waals surface area contributed by atoms with Gasteiger partial charge in [0.2, 0.25) is 0 Å². The van der Waals surface area contributed by atoms with Crippen molar-refractivity contribution in [2.75, 3.05) is 33.3 Å². The number of ether oxygens (including phenoxy) is 1. The summed E-state index contributed by atoms with van der Waals surface area (Å²) < 4.78 is 5.73. The molecule has 1 aliphatic heterocycles. The topological polar surface area (TPSA) is 67.6 Å². The molecule has 2 aromatic rings.